The first kappa shape index (κ1) is 17.0. The Morgan fingerprint density at radius 2 is 2.08 bits per heavy atom. The normalized spacial score (nSPS) is 23.0. The Kier molecular flexibility index (Phi) is 3.99. The van der Waals surface area contributed by atoms with Crippen LogP contribution in [0.3, 0.4) is 0 Å². The number of carboxylic acid groups (broad SMARTS) is 1. The van der Waals surface area contributed by atoms with Crippen molar-refractivity contribution in [2.75, 3.05) is 24.7 Å². The Morgan fingerprint density at radius 3 is 2.65 bits per heavy atom. The van der Waals surface area contributed by atoms with Crippen molar-refractivity contribution >= 4 is 22.6 Å². The van der Waals surface area contributed by atoms with Crippen LogP contribution in [0.1, 0.15) is 34.8 Å². The Hall–Kier alpha value is -2.41. The average molecular weight is 359 g/mol. The highest BCUT2D eigenvalue weighted by Crippen LogP contribution is 2.39. The maximum atomic E-state index is 13.1. The van der Waals surface area contributed by atoms with Crippen LogP contribution in [0.15, 0.2) is 23.1 Å². The maximum absolute atomic E-state index is 13.1. The summed E-state index contributed by atoms with van der Waals surface area (Å²) >= 11 is 0. The fourth-order valence-electron chi connectivity index (χ4n) is 4.00. The summed E-state index contributed by atoms with van der Waals surface area (Å²) in [5.41, 5.74) is 8.01. The number of halogens is 1. The minimum Gasteiger partial charge on any atom is -0.477 e. The van der Waals surface area contributed by atoms with Crippen molar-refractivity contribution in [2.24, 2.45) is 11.7 Å². The molecule has 1 saturated carbocycles. The van der Waals surface area contributed by atoms with E-state index in [1.165, 1.54) is 6.20 Å². The van der Waals surface area contributed by atoms with Gasteiger partial charge in [0.25, 0.3) is 0 Å². The number of alkyl halides is 1. The number of pyridine rings is 1. The van der Waals surface area contributed by atoms with Crippen molar-refractivity contribution in [3.05, 3.63) is 39.7 Å². The number of nitrogens with zero attached hydrogens (tertiary/aromatic N) is 2. The molecule has 4 rings (SSSR count). The lowest BCUT2D eigenvalue weighted by Gasteiger charge is -2.23. The monoisotopic (exact) mass is 359 g/mol. The zero-order chi connectivity index (χ0) is 18.6. The minimum absolute atomic E-state index is 0.190. The molecule has 1 aromatic heterocycles. The zero-order valence-electron chi connectivity index (χ0n) is 14.6. The quantitative estimate of drug-likeness (QED) is 0.872. The SMILES string of the molecule is Cc1c(N2CC(N)C(CF)C2)ccc2c(=O)c(C(=O)O)cn(C3CC3)c12. The number of carbonyl (C=O) groups is 1. The molecule has 2 aromatic rings. The lowest BCUT2D eigenvalue weighted by molar-refractivity contribution is 0.0695. The van der Waals surface area contributed by atoms with Crippen LogP contribution in [0.25, 0.3) is 10.9 Å². The van der Waals surface area contributed by atoms with Crippen LogP contribution in [0.5, 0.6) is 0 Å². The van der Waals surface area contributed by atoms with E-state index in [4.69, 9.17) is 5.73 Å². The number of fused-ring (bicyclic) bond motifs is 1. The number of aromatic nitrogens is 1. The van der Waals surface area contributed by atoms with Gasteiger partial charge >= 0.3 is 5.97 Å². The smallest absolute Gasteiger partial charge is 0.341 e. The summed E-state index contributed by atoms with van der Waals surface area (Å²) in [5, 5.41) is 9.78. The number of aryl methyl sites for hydroxylation is 1. The zero-order valence-corrected chi connectivity index (χ0v) is 14.6. The molecule has 0 spiro atoms. The van der Waals surface area contributed by atoms with Gasteiger partial charge in [-0.15, -0.1) is 0 Å². The van der Waals surface area contributed by atoms with Crippen molar-refractivity contribution in [1.82, 2.24) is 4.57 Å². The summed E-state index contributed by atoms with van der Waals surface area (Å²) in [5.74, 6) is -1.39. The standard InChI is InChI=1S/C19H22FN3O3/c1-10-16(22-7-11(6-20)15(21)9-22)5-4-13-17(10)23(12-2-3-12)8-14(18(13)24)19(25)26/h4-5,8,11-12,15H,2-3,6-7,9,21H2,1H3,(H,25,26). The van der Waals surface area contributed by atoms with Crippen molar-refractivity contribution in [3.8, 4) is 0 Å². The van der Waals surface area contributed by atoms with E-state index in [1.807, 2.05) is 17.6 Å². The molecule has 0 amide bonds. The Morgan fingerprint density at radius 1 is 1.35 bits per heavy atom. The summed E-state index contributed by atoms with van der Waals surface area (Å²) in [6.07, 6.45) is 3.42. The molecule has 2 aliphatic rings. The fourth-order valence-corrected chi connectivity index (χ4v) is 4.00. The van der Waals surface area contributed by atoms with Crippen LogP contribution in [0.4, 0.5) is 10.1 Å². The highest BCUT2D eigenvalue weighted by molar-refractivity contribution is 5.95. The third-order valence-corrected chi connectivity index (χ3v) is 5.62. The fraction of sp³-hybridized carbons (Fsp3) is 0.474. The van der Waals surface area contributed by atoms with E-state index in [0.29, 0.717) is 18.5 Å². The molecule has 0 bridgehead atoms. The highest BCUT2D eigenvalue weighted by Gasteiger charge is 2.32. The molecule has 1 aliphatic heterocycles. The molecular weight excluding hydrogens is 337 g/mol. The summed E-state index contributed by atoms with van der Waals surface area (Å²) in [6, 6.07) is 3.54. The molecule has 3 N–H and O–H groups in total. The number of aromatic carboxylic acids is 1. The molecule has 1 aromatic carbocycles. The number of benzene rings is 1. The van der Waals surface area contributed by atoms with Gasteiger partial charge < -0.3 is 20.3 Å². The number of nitrogens with two attached hydrogens (primary N) is 1. The van der Waals surface area contributed by atoms with Crippen LogP contribution < -0.4 is 16.1 Å². The first-order valence-corrected chi connectivity index (χ1v) is 8.90. The third-order valence-electron chi connectivity index (χ3n) is 5.62. The maximum Gasteiger partial charge on any atom is 0.341 e. The molecule has 138 valence electrons. The predicted octanol–water partition coefficient (Wildman–Crippen LogP) is 2.08. The predicted molar refractivity (Wildman–Crippen MR) is 97.8 cm³/mol. The number of rotatable bonds is 4. The van der Waals surface area contributed by atoms with Crippen molar-refractivity contribution in [2.45, 2.75) is 31.8 Å². The second kappa shape index (κ2) is 6.09. The van der Waals surface area contributed by atoms with Gasteiger partial charge in [-0.2, -0.15) is 0 Å². The Bertz CT molecular complexity index is 951. The molecule has 26 heavy (non-hydrogen) atoms. The summed E-state index contributed by atoms with van der Waals surface area (Å²) in [7, 11) is 0. The molecule has 1 saturated heterocycles. The van der Waals surface area contributed by atoms with E-state index in [9.17, 15) is 19.1 Å². The molecule has 2 fully saturated rings. The van der Waals surface area contributed by atoms with Gasteiger partial charge in [-0.25, -0.2) is 4.79 Å². The second-order valence-electron chi connectivity index (χ2n) is 7.40. The van der Waals surface area contributed by atoms with E-state index in [1.54, 1.807) is 6.07 Å². The van der Waals surface area contributed by atoms with Gasteiger partial charge in [0.1, 0.15) is 5.56 Å². The van der Waals surface area contributed by atoms with Gasteiger partial charge in [-0.05, 0) is 37.5 Å². The Balaban J connectivity index is 1.90. The van der Waals surface area contributed by atoms with E-state index in [2.05, 4.69) is 4.90 Å². The van der Waals surface area contributed by atoms with E-state index >= 15 is 0 Å². The number of hydrogen-bond acceptors (Lipinski definition) is 4. The number of carboxylic acids is 1. The van der Waals surface area contributed by atoms with Crippen LogP contribution in [-0.2, 0) is 0 Å². The lowest BCUT2D eigenvalue weighted by atomic mass is 10.0. The average Bonchev–Trinajstić information content (AvgIpc) is 3.38. The lowest BCUT2D eigenvalue weighted by Crippen LogP contribution is -2.30. The van der Waals surface area contributed by atoms with E-state index in [0.717, 1.165) is 29.6 Å². The van der Waals surface area contributed by atoms with Crippen molar-refractivity contribution < 1.29 is 14.3 Å². The van der Waals surface area contributed by atoms with E-state index < -0.39 is 18.1 Å². The van der Waals surface area contributed by atoms with Gasteiger partial charge in [0.15, 0.2) is 0 Å². The molecule has 2 unspecified atom stereocenters. The summed E-state index contributed by atoms with van der Waals surface area (Å²) < 4.78 is 15.1. The first-order valence-electron chi connectivity index (χ1n) is 8.90. The van der Waals surface area contributed by atoms with Gasteiger partial charge in [-0.1, -0.05) is 0 Å². The van der Waals surface area contributed by atoms with Gasteiger partial charge in [0.05, 0.1) is 12.2 Å². The molecule has 6 nitrogen and oxygen atoms in total. The Labute approximate surface area is 150 Å². The van der Waals surface area contributed by atoms with Gasteiger partial charge in [0.2, 0.25) is 5.43 Å². The molecular formula is C19H22FN3O3. The van der Waals surface area contributed by atoms with Crippen LogP contribution in [0, 0.1) is 12.8 Å². The van der Waals surface area contributed by atoms with Crippen molar-refractivity contribution in [3.63, 3.8) is 0 Å². The highest BCUT2D eigenvalue weighted by atomic mass is 19.1. The minimum atomic E-state index is -1.20. The molecule has 7 heteroatoms. The number of hydrogen-bond donors (Lipinski definition) is 2. The third kappa shape index (κ3) is 2.58. The summed E-state index contributed by atoms with van der Waals surface area (Å²) in [4.78, 5) is 26.1. The number of anilines is 1. The molecule has 1 aliphatic carbocycles. The first-order chi connectivity index (χ1) is 12.4. The summed E-state index contributed by atoms with van der Waals surface area (Å²) in [6.45, 7) is 2.61. The van der Waals surface area contributed by atoms with Gasteiger partial charge in [-0.3, -0.25) is 9.18 Å². The van der Waals surface area contributed by atoms with Crippen molar-refractivity contribution in [1.29, 1.82) is 0 Å². The second-order valence-corrected chi connectivity index (χ2v) is 7.40. The van der Waals surface area contributed by atoms with Crippen LogP contribution in [-0.4, -0.2) is 41.4 Å². The largest absolute Gasteiger partial charge is 0.477 e. The van der Waals surface area contributed by atoms with Gasteiger partial charge in [0, 0.05) is 48.4 Å². The molecule has 2 atom stereocenters. The molecule has 0 radical (unpaired) electrons. The molecule has 2 heterocycles. The topological polar surface area (TPSA) is 88.6 Å². The van der Waals surface area contributed by atoms with Crippen LogP contribution in [0.2, 0.25) is 0 Å². The van der Waals surface area contributed by atoms with Crippen LogP contribution >= 0.6 is 0 Å². The van der Waals surface area contributed by atoms with E-state index in [-0.39, 0.29) is 23.6 Å².